The number of nitrogens with zero attached hydrogens (tertiary/aromatic N) is 2. The predicted molar refractivity (Wildman–Crippen MR) is 101 cm³/mol. The quantitative estimate of drug-likeness (QED) is 0.611. The fourth-order valence-electron chi connectivity index (χ4n) is 2.59. The number of carbonyl (C=O) groups excluding carboxylic acids is 1. The fraction of sp³-hybridized carbons (Fsp3) is 0.190. The van der Waals surface area contributed by atoms with Gasteiger partial charge in [0, 0.05) is 0 Å². The minimum absolute atomic E-state index is 0.0325. The molecule has 0 saturated carbocycles. The SMILES string of the molecule is CCOC(=O)c1nn(-c2ccc(F)cc2)c(=O)cc1OCc1ccccc1C. The van der Waals surface area contributed by atoms with E-state index in [1.54, 1.807) is 6.92 Å². The molecule has 28 heavy (non-hydrogen) atoms. The van der Waals surface area contributed by atoms with Gasteiger partial charge in [0.1, 0.15) is 12.4 Å². The minimum Gasteiger partial charge on any atom is -0.486 e. The van der Waals surface area contributed by atoms with Gasteiger partial charge < -0.3 is 9.47 Å². The van der Waals surface area contributed by atoms with Crippen molar-refractivity contribution in [1.82, 2.24) is 9.78 Å². The summed E-state index contributed by atoms with van der Waals surface area (Å²) in [6.45, 7) is 3.92. The Labute approximate surface area is 161 Å². The summed E-state index contributed by atoms with van der Waals surface area (Å²) in [4.78, 5) is 24.9. The van der Waals surface area contributed by atoms with Gasteiger partial charge in [-0.3, -0.25) is 4.79 Å². The molecule has 3 aromatic rings. The van der Waals surface area contributed by atoms with E-state index in [0.29, 0.717) is 5.69 Å². The summed E-state index contributed by atoms with van der Waals surface area (Å²) in [5.41, 5.74) is 1.62. The van der Waals surface area contributed by atoms with E-state index in [0.717, 1.165) is 15.8 Å². The van der Waals surface area contributed by atoms with Crippen molar-refractivity contribution in [3.05, 3.63) is 87.6 Å². The van der Waals surface area contributed by atoms with E-state index in [4.69, 9.17) is 9.47 Å². The Balaban J connectivity index is 2.00. The molecule has 0 spiro atoms. The van der Waals surface area contributed by atoms with Crippen molar-refractivity contribution < 1.29 is 18.7 Å². The molecular weight excluding hydrogens is 363 g/mol. The molecule has 0 unspecified atom stereocenters. The number of aromatic nitrogens is 2. The summed E-state index contributed by atoms with van der Waals surface area (Å²) in [5.74, 6) is -1.12. The lowest BCUT2D eigenvalue weighted by atomic mass is 10.1. The van der Waals surface area contributed by atoms with Crippen molar-refractivity contribution in [3.8, 4) is 11.4 Å². The third-order valence-electron chi connectivity index (χ3n) is 4.08. The van der Waals surface area contributed by atoms with Crippen LogP contribution in [0, 0.1) is 12.7 Å². The topological polar surface area (TPSA) is 70.4 Å². The first-order valence-corrected chi connectivity index (χ1v) is 8.74. The van der Waals surface area contributed by atoms with E-state index in [9.17, 15) is 14.0 Å². The van der Waals surface area contributed by atoms with Crippen molar-refractivity contribution in [1.29, 1.82) is 0 Å². The predicted octanol–water partition coefficient (Wildman–Crippen LogP) is 3.44. The van der Waals surface area contributed by atoms with Crippen LogP contribution in [0.5, 0.6) is 5.75 Å². The highest BCUT2D eigenvalue weighted by Gasteiger charge is 2.20. The number of rotatable bonds is 6. The van der Waals surface area contributed by atoms with Crippen molar-refractivity contribution in [2.45, 2.75) is 20.5 Å². The van der Waals surface area contributed by atoms with E-state index >= 15 is 0 Å². The molecule has 0 fully saturated rings. The van der Waals surface area contributed by atoms with Crippen LogP contribution >= 0.6 is 0 Å². The Kier molecular flexibility index (Phi) is 5.84. The van der Waals surface area contributed by atoms with Gasteiger partial charge >= 0.3 is 5.97 Å². The van der Waals surface area contributed by atoms with E-state index in [1.165, 1.54) is 30.3 Å². The van der Waals surface area contributed by atoms with Crippen LogP contribution in [0.1, 0.15) is 28.5 Å². The number of aryl methyl sites for hydroxylation is 1. The number of hydrogen-bond donors (Lipinski definition) is 0. The number of hydrogen-bond acceptors (Lipinski definition) is 5. The average Bonchev–Trinajstić information content (AvgIpc) is 2.68. The van der Waals surface area contributed by atoms with Crippen LogP contribution in [0.2, 0.25) is 0 Å². The van der Waals surface area contributed by atoms with Crippen LogP contribution in [0.3, 0.4) is 0 Å². The number of benzene rings is 2. The summed E-state index contributed by atoms with van der Waals surface area (Å²) in [6.07, 6.45) is 0. The van der Waals surface area contributed by atoms with Crippen LogP contribution in [0.25, 0.3) is 5.69 Å². The third-order valence-corrected chi connectivity index (χ3v) is 4.08. The molecule has 144 valence electrons. The van der Waals surface area contributed by atoms with Crippen LogP contribution in [-0.2, 0) is 11.3 Å². The molecule has 0 amide bonds. The highest BCUT2D eigenvalue weighted by molar-refractivity contribution is 5.90. The zero-order valence-electron chi connectivity index (χ0n) is 15.5. The molecular formula is C21H19FN2O4. The normalized spacial score (nSPS) is 10.5. The standard InChI is InChI=1S/C21H19FN2O4/c1-3-27-21(26)20-18(28-13-15-7-5-4-6-14(15)2)12-19(25)24(23-20)17-10-8-16(22)9-11-17/h4-12H,3,13H2,1-2H3. The lowest BCUT2D eigenvalue weighted by molar-refractivity contribution is 0.0511. The molecule has 3 rings (SSSR count). The molecule has 0 aliphatic heterocycles. The first-order chi connectivity index (χ1) is 13.5. The van der Waals surface area contributed by atoms with Gasteiger partial charge in [0.05, 0.1) is 18.4 Å². The van der Waals surface area contributed by atoms with Crippen LogP contribution < -0.4 is 10.3 Å². The second-order valence-electron chi connectivity index (χ2n) is 6.02. The van der Waals surface area contributed by atoms with Crippen LogP contribution in [0.15, 0.2) is 59.4 Å². The second-order valence-corrected chi connectivity index (χ2v) is 6.02. The second kappa shape index (κ2) is 8.47. The molecule has 0 aliphatic carbocycles. The number of esters is 1. The Morgan fingerprint density at radius 2 is 1.86 bits per heavy atom. The monoisotopic (exact) mass is 382 g/mol. The van der Waals surface area contributed by atoms with Gasteiger partial charge in [-0.15, -0.1) is 0 Å². The lowest BCUT2D eigenvalue weighted by Crippen LogP contribution is -2.25. The molecule has 0 saturated heterocycles. The Morgan fingerprint density at radius 3 is 2.54 bits per heavy atom. The van der Waals surface area contributed by atoms with Gasteiger partial charge in [-0.2, -0.15) is 9.78 Å². The highest BCUT2D eigenvalue weighted by Crippen LogP contribution is 2.19. The zero-order chi connectivity index (χ0) is 20.1. The third kappa shape index (κ3) is 4.25. The molecule has 1 aromatic heterocycles. The molecule has 0 bridgehead atoms. The molecule has 0 radical (unpaired) electrons. The summed E-state index contributed by atoms with van der Waals surface area (Å²) in [5, 5.41) is 4.11. The van der Waals surface area contributed by atoms with Gasteiger partial charge in [-0.1, -0.05) is 24.3 Å². The number of carbonyl (C=O) groups is 1. The van der Waals surface area contributed by atoms with Crippen molar-refractivity contribution in [2.24, 2.45) is 0 Å². The zero-order valence-corrected chi connectivity index (χ0v) is 15.5. The number of ether oxygens (including phenoxy) is 2. The highest BCUT2D eigenvalue weighted by atomic mass is 19.1. The molecule has 2 aromatic carbocycles. The van der Waals surface area contributed by atoms with E-state index in [1.807, 2.05) is 31.2 Å². The van der Waals surface area contributed by atoms with E-state index in [2.05, 4.69) is 5.10 Å². The lowest BCUT2D eigenvalue weighted by Gasteiger charge is -2.13. The molecule has 0 atom stereocenters. The van der Waals surface area contributed by atoms with Gasteiger partial charge in [0.15, 0.2) is 5.75 Å². The summed E-state index contributed by atoms with van der Waals surface area (Å²) in [7, 11) is 0. The largest absolute Gasteiger partial charge is 0.486 e. The van der Waals surface area contributed by atoms with E-state index < -0.39 is 17.3 Å². The summed E-state index contributed by atoms with van der Waals surface area (Å²) in [6, 6.07) is 14.0. The Hall–Kier alpha value is -3.48. The summed E-state index contributed by atoms with van der Waals surface area (Å²) < 4.78 is 24.9. The summed E-state index contributed by atoms with van der Waals surface area (Å²) >= 11 is 0. The first-order valence-electron chi connectivity index (χ1n) is 8.74. The average molecular weight is 382 g/mol. The maximum absolute atomic E-state index is 13.2. The Bertz CT molecular complexity index is 1050. The van der Waals surface area contributed by atoms with E-state index in [-0.39, 0.29) is 24.7 Å². The molecule has 0 N–H and O–H groups in total. The van der Waals surface area contributed by atoms with Crippen molar-refractivity contribution in [2.75, 3.05) is 6.61 Å². The molecule has 0 aliphatic rings. The van der Waals surface area contributed by atoms with Crippen LogP contribution in [0.4, 0.5) is 4.39 Å². The first kappa shape index (κ1) is 19.3. The van der Waals surface area contributed by atoms with Gasteiger partial charge in [0.2, 0.25) is 5.69 Å². The number of halogens is 1. The van der Waals surface area contributed by atoms with Gasteiger partial charge in [0.25, 0.3) is 5.56 Å². The fourth-order valence-corrected chi connectivity index (χ4v) is 2.59. The minimum atomic E-state index is -0.710. The maximum atomic E-state index is 13.2. The maximum Gasteiger partial charge on any atom is 0.362 e. The molecule has 1 heterocycles. The Morgan fingerprint density at radius 1 is 1.14 bits per heavy atom. The molecule has 6 nitrogen and oxygen atoms in total. The van der Waals surface area contributed by atoms with Gasteiger partial charge in [-0.05, 0) is 49.2 Å². The van der Waals surface area contributed by atoms with Crippen molar-refractivity contribution in [3.63, 3.8) is 0 Å². The van der Waals surface area contributed by atoms with Crippen LogP contribution in [-0.4, -0.2) is 22.4 Å². The molecule has 7 heteroatoms. The van der Waals surface area contributed by atoms with Gasteiger partial charge in [-0.25, -0.2) is 9.18 Å². The smallest absolute Gasteiger partial charge is 0.362 e. The van der Waals surface area contributed by atoms with Crippen molar-refractivity contribution >= 4 is 5.97 Å².